The maximum absolute atomic E-state index is 13.5. The number of hydroxylamine groups is 1. The van der Waals surface area contributed by atoms with E-state index >= 15 is 0 Å². The SMILES string of the molecule is CC(C)(O)C(=O)NC1CC(Oc2nonc2C(=NC2Cc3ccc(F)cc32)NO)C1. The number of amides is 1. The van der Waals surface area contributed by atoms with Crippen LogP contribution in [0, 0.1) is 5.82 Å². The molecule has 1 atom stereocenters. The topological polar surface area (TPSA) is 142 Å². The molecule has 4 N–H and O–H groups in total. The summed E-state index contributed by atoms with van der Waals surface area (Å²) in [6.07, 6.45) is 1.39. The Kier molecular flexibility index (Phi) is 5.16. The van der Waals surface area contributed by atoms with Crippen molar-refractivity contribution in [3.63, 3.8) is 0 Å². The summed E-state index contributed by atoms with van der Waals surface area (Å²) in [6, 6.07) is 4.06. The molecule has 2 aliphatic rings. The first-order valence-electron chi connectivity index (χ1n) is 9.53. The highest BCUT2D eigenvalue weighted by atomic mass is 19.1. The van der Waals surface area contributed by atoms with Gasteiger partial charge in [0.05, 0.1) is 6.04 Å². The first-order valence-corrected chi connectivity index (χ1v) is 9.53. The van der Waals surface area contributed by atoms with Crippen LogP contribution in [-0.2, 0) is 11.2 Å². The van der Waals surface area contributed by atoms with Crippen molar-refractivity contribution < 1.29 is 28.9 Å². The number of benzene rings is 1. The fourth-order valence-corrected chi connectivity index (χ4v) is 3.37. The number of carbonyl (C=O) groups excluding carboxylic acids is 1. The maximum Gasteiger partial charge on any atom is 0.287 e. The highest BCUT2D eigenvalue weighted by Crippen LogP contribution is 2.37. The van der Waals surface area contributed by atoms with Gasteiger partial charge in [-0.3, -0.25) is 20.5 Å². The van der Waals surface area contributed by atoms with Gasteiger partial charge in [-0.05, 0) is 53.8 Å². The number of hydrogen-bond donors (Lipinski definition) is 4. The Labute approximate surface area is 171 Å². The van der Waals surface area contributed by atoms with Crippen LogP contribution < -0.4 is 15.5 Å². The summed E-state index contributed by atoms with van der Waals surface area (Å²) in [5.41, 5.74) is 2.35. The van der Waals surface area contributed by atoms with E-state index in [9.17, 15) is 19.5 Å². The molecule has 10 nitrogen and oxygen atoms in total. The van der Waals surface area contributed by atoms with Crippen molar-refractivity contribution in [2.75, 3.05) is 0 Å². The molecule has 1 aromatic heterocycles. The second-order valence-corrected chi connectivity index (χ2v) is 8.01. The van der Waals surface area contributed by atoms with E-state index in [0.717, 1.165) is 11.1 Å². The Morgan fingerprint density at radius 3 is 2.83 bits per heavy atom. The van der Waals surface area contributed by atoms with Crippen molar-refractivity contribution in [1.82, 2.24) is 21.1 Å². The van der Waals surface area contributed by atoms with Crippen molar-refractivity contribution in [1.29, 1.82) is 0 Å². The van der Waals surface area contributed by atoms with Gasteiger partial charge in [-0.1, -0.05) is 6.07 Å². The molecule has 1 amide bonds. The van der Waals surface area contributed by atoms with E-state index in [-0.39, 0.29) is 41.4 Å². The molecule has 1 heterocycles. The molecule has 0 radical (unpaired) electrons. The molecule has 2 aliphatic carbocycles. The van der Waals surface area contributed by atoms with Gasteiger partial charge in [0.1, 0.15) is 17.5 Å². The zero-order valence-electron chi connectivity index (χ0n) is 16.4. The third-order valence-electron chi connectivity index (χ3n) is 5.22. The molecule has 160 valence electrons. The molecule has 0 spiro atoms. The lowest BCUT2D eigenvalue weighted by atomic mass is 9.83. The van der Waals surface area contributed by atoms with E-state index in [1.807, 2.05) is 5.48 Å². The largest absolute Gasteiger partial charge is 0.470 e. The Bertz CT molecular complexity index is 980. The van der Waals surface area contributed by atoms with Crippen LogP contribution in [0.25, 0.3) is 0 Å². The molecule has 30 heavy (non-hydrogen) atoms. The molecule has 0 bridgehead atoms. The van der Waals surface area contributed by atoms with Crippen molar-refractivity contribution in [2.24, 2.45) is 4.99 Å². The van der Waals surface area contributed by atoms with Crippen LogP contribution in [-0.4, -0.2) is 50.1 Å². The molecule has 1 unspecified atom stereocenters. The smallest absolute Gasteiger partial charge is 0.287 e. The fourth-order valence-electron chi connectivity index (χ4n) is 3.37. The van der Waals surface area contributed by atoms with Gasteiger partial charge in [0.25, 0.3) is 11.8 Å². The number of aliphatic hydroxyl groups is 1. The standard InChI is InChI=1S/C19H22FN5O5/c1-19(2,27)18(26)21-11-7-12(8-11)29-17-15(24-30-25-17)16(23-28)22-14-5-9-3-4-10(20)6-13(9)14/h3-4,6,11-12,14,27-28H,5,7-8H2,1-2H3,(H,21,26)(H,22,23). The predicted molar refractivity (Wildman–Crippen MR) is 100 cm³/mol. The average molecular weight is 419 g/mol. The lowest BCUT2D eigenvalue weighted by Crippen LogP contribution is -2.54. The van der Waals surface area contributed by atoms with E-state index in [4.69, 9.17) is 9.37 Å². The Morgan fingerprint density at radius 1 is 1.37 bits per heavy atom. The number of halogens is 1. The van der Waals surface area contributed by atoms with Crippen LogP contribution in [0.5, 0.6) is 5.88 Å². The van der Waals surface area contributed by atoms with E-state index < -0.39 is 11.5 Å². The van der Waals surface area contributed by atoms with Crippen LogP contribution in [0.3, 0.4) is 0 Å². The number of nitrogens with zero attached hydrogens (tertiary/aromatic N) is 3. The summed E-state index contributed by atoms with van der Waals surface area (Å²) in [6.45, 7) is 2.83. The first kappa shape index (κ1) is 20.2. The minimum atomic E-state index is -1.45. The molecule has 1 saturated carbocycles. The van der Waals surface area contributed by atoms with Gasteiger partial charge in [-0.2, -0.15) is 0 Å². The first-order chi connectivity index (χ1) is 14.2. The van der Waals surface area contributed by atoms with Gasteiger partial charge in [0.2, 0.25) is 5.69 Å². The number of ether oxygens (including phenoxy) is 1. The van der Waals surface area contributed by atoms with Gasteiger partial charge in [-0.25, -0.2) is 9.02 Å². The number of hydrogen-bond acceptors (Lipinski definition) is 8. The number of aliphatic imine (C=N–C) groups is 1. The van der Waals surface area contributed by atoms with Crippen LogP contribution >= 0.6 is 0 Å². The van der Waals surface area contributed by atoms with Gasteiger partial charge in [-0.15, -0.1) is 0 Å². The molecule has 0 aliphatic heterocycles. The lowest BCUT2D eigenvalue weighted by Gasteiger charge is -2.36. The summed E-state index contributed by atoms with van der Waals surface area (Å²) < 4.78 is 24.0. The molecule has 1 aromatic carbocycles. The zero-order valence-corrected chi connectivity index (χ0v) is 16.4. The third kappa shape index (κ3) is 3.98. The molecule has 11 heteroatoms. The van der Waals surface area contributed by atoms with Crippen molar-refractivity contribution >= 4 is 11.7 Å². The number of aromatic nitrogens is 2. The molecule has 1 fully saturated rings. The number of carbonyl (C=O) groups is 1. The van der Waals surface area contributed by atoms with Gasteiger partial charge < -0.3 is 15.2 Å². The average Bonchev–Trinajstić information content (AvgIpc) is 3.10. The minimum Gasteiger partial charge on any atom is -0.470 e. The van der Waals surface area contributed by atoms with Crippen molar-refractivity contribution in [3.05, 3.63) is 40.8 Å². The summed E-state index contributed by atoms with van der Waals surface area (Å²) in [5.74, 6) is -0.759. The van der Waals surface area contributed by atoms with E-state index in [0.29, 0.717) is 19.3 Å². The summed E-state index contributed by atoms with van der Waals surface area (Å²) >= 11 is 0. The minimum absolute atomic E-state index is 0.00244. The Morgan fingerprint density at radius 2 is 2.13 bits per heavy atom. The van der Waals surface area contributed by atoms with E-state index in [1.165, 1.54) is 26.0 Å². The molecule has 2 aromatic rings. The Balaban J connectivity index is 1.39. The third-order valence-corrected chi connectivity index (χ3v) is 5.22. The molecular weight excluding hydrogens is 397 g/mol. The molecular formula is C19H22FN5O5. The second-order valence-electron chi connectivity index (χ2n) is 8.01. The molecule has 4 rings (SSSR count). The Hall–Kier alpha value is -3.05. The second kappa shape index (κ2) is 7.65. The fraction of sp³-hybridized carbons (Fsp3) is 0.474. The van der Waals surface area contributed by atoms with Gasteiger partial charge in [0, 0.05) is 18.9 Å². The highest BCUT2D eigenvalue weighted by Gasteiger charge is 2.37. The normalized spacial score (nSPS) is 23.1. The monoisotopic (exact) mass is 419 g/mol. The lowest BCUT2D eigenvalue weighted by molar-refractivity contribution is -0.138. The van der Waals surface area contributed by atoms with E-state index in [1.54, 1.807) is 6.07 Å². The molecule has 0 saturated heterocycles. The zero-order chi connectivity index (χ0) is 21.5. The number of fused-ring (bicyclic) bond motifs is 1. The van der Waals surface area contributed by atoms with Crippen LogP contribution in [0.1, 0.15) is 49.6 Å². The quantitative estimate of drug-likeness (QED) is 0.309. The van der Waals surface area contributed by atoms with Crippen molar-refractivity contribution in [3.8, 4) is 5.88 Å². The predicted octanol–water partition coefficient (Wildman–Crippen LogP) is 1.03. The highest BCUT2D eigenvalue weighted by molar-refractivity contribution is 5.98. The summed E-state index contributed by atoms with van der Waals surface area (Å²) in [7, 11) is 0. The van der Waals surface area contributed by atoms with Gasteiger partial charge in [0.15, 0.2) is 5.84 Å². The number of nitrogens with one attached hydrogen (secondary N) is 2. The van der Waals surface area contributed by atoms with Crippen molar-refractivity contribution in [2.45, 2.75) is 56.9 Å². The van der Waals surface area contributed by atoms with Crippen LogP contribution in [0.4, 0.5) is 4.39 Å². The van der Waals surface area contributed by atoms with Gasteiger partial charge >= 0.3 is 0 Å². The maximum atomic E-state index is 13.5. The summed E-state index contributed by atoms with van der Waals surface area (Å²) in [5, 5.41) is 29.4. The van der Waals surface area contributed by atoms with E-state index in [2.05, 4.69) is 20.6 Å². The number of amidine groups is 1. The van der Waals surface area contributed by atoms with Crippen LogP contribution in [0.15, 0.2) is 27.8 Å². The van der Waals surface area contributed by atoms with Crippen LogP contribution in [0.2, 0.25) is 0 Å². The number of rotatable bonds is 6. The summed E-state index contributed by atoms with van der Waals surface area (Å²) in [4.78, 5) is 16.2.